The zero-order chi connectivity index (χ0) is 17.7. The highest BCUT2D eigenvalue weighted by molar-refractivity contribution is 7.99. The predicted molar refractivity (Wildman–Crippen MR) is 92.3 cm³/mol. The summed E-state index contributed by atoms with van der Waals surface area (Å²) in [6.07, 6.45) is -4.49. The number of amides is 1. The third-order valence-corrected chi connectivity index (χ3v) is 4.81. The molecule has 0 radical (unpaired) electrons. The van der Waals surface area contributed by atoms with Gasteiger partial charge in [-0.25, -0.2) is 0 Å². The fourth-order valence-electron chi connectivity index (χ4n) is 1.90. The molecule has 0 unspecified atom stereocenters. The van der Waals surface area contributed by atoms with Crippen LogP contribution < -0.4 is 5.32 Å². The van der Waals surface area contributed by atoms with Gasteiger partial charge in [-0.3, -0.25) is 4.79 Å². The molecule has 0 saturated heterocycles. The molecular formula is C17H15ClF3NOS. The highest BCUT2D eigenvalue weighted by Crippen LogP contribution is 2.34. The lowest BCUT2D eigenvalue weighted by Crippen LogP contribution is -2.23. The van der Waals surface area contributed by atoms with Crippen molar-refractivity contribution in [2.75, 3.05) is 5.32 Å². The Morgan fingerprint density at radius 1 is 1.21 bits per heavy atom. The van der Waals surface area contributed by atoms with Crippen LogP contribution in [0.4, 0.5) is 18.9 Å². The van der Waals surface area contributed by atoms with E-state index >= 15 is 0 Å². The number of hydrogen-bond acceptors (Lipinski definition) is 2. The Kier molecular flexibility index (Phi) is 6.18. The maximum absolute atomic E-state index is 12.7. The van der Waals surface area contributed by atoms with Crippen molar-refractivity contribution >= 4 is 35.0 Å². The molecule has 0 heterocycles. The summed E-state index contributed by atoms with van der Waals surface area (Å²) in [5, 5.41) is 2.10. The van der Waals surface area contributed by atoms with Crippen molar-refractivity contribution in [1.29, 1.82) is 0 Å². The Morgan fingerprint density at radius 2 is 1.88 bits per heavy atom. The third-order valence-electron chi connectivity index (χ3n) is 3.26. The van der Waals surface area contributed by atoms with Crippen molar-refractivity contribution in [2.45, 2.75) is 24.1 Å². The SMILES string of the molecule is C[C@@H](SCc1ccccc1)C(=O)Nc1cc(C(F)(F)F)ccc1Cl. The van der Waals surface area contributed by atoms with Crippen LogP contribution in [-0.2, 0) is 16.7 Å². The summed E-state index contributed by atoms with van der Waals surface area (Å²) in [6.45, 7) is 1.70. The Bertz CT molecular complexity index is 707. The van der Waals surface area contributed by atoms with Gasteiger partial charge in [-0.15, -0.1) is 11.8 Å². The van der Waals surface area contributed by atoms with Crippen LogP contribution in [0.2, 0.25) is 5.02 Å². The van der Waals surface area contributed by atoms with Crippen LogP contribution in [-0.4, -0.2) is 11.2 Å². The Balaban J connectivity index is 2.01. The summed E-state index contributed by atoms with van der Waals surface area (Å²) in [7, 11) is 0. The van der Waals surface area contributed by atoms with E-state index in [1.165, 1.54) is 11.8 Å². The van der Waals surface area contributed by atoms with Crippen LogP contribution >= 0.6 is 23.4 Å². The first kappa shape index (κ1) is 18.7. The predicted octanol–water partition coefficient (Wildman–Crippen LogP) is 5.62. The molecule has 0 spiro atoms. The Labute approximate surface area is 147 Å². The van der Waals surface area contributed by atoms with Crippen molar-refractivity contribution in [3.63, 3.8) is 0 Å². The number of benzene rings is 2. The molecule has 0 aliphatic rings. The number of thioether (sulfide) groups is 1. The van der Waals surface area contributed by atoms with E-state index in [9.17, 15) is 18.0 Å². The van der Waals surface area contributed by atoms with E-state index in [1.54, 1.807) is 6.92 Å². The minimum atomic E-state index is -4.49. The van der Waals surface area contributed by atoms with Gasteiger partial charge in [0.1, 0.15) is 0 Å². The van der Waals surface area contributed by atoms with Gasteiger partial charge in [0.2, 0.25) is 5.91 Å². The summed E-state index contributed by atoms with van der Waals surface area (Å²) in [6, 6.07) is 12.5. The minimum Gasteiger partial charge on any atom is -0.324 e. The number of nitrogens with one attached hydrogen (secondary N) is 1. The Morgan fingerprint density at radius 3 is 2.50 bits per heavy atom. The van der Waals surface area contributed by atoms with Gasteiger partial charge in [0.25, 0.3) is 0 Å². The van der Waals surface area contributed by atoms with Crippen molar-refractivity contribution < 1.29 is 18.0 Å². The van der Waals surface area contributed by atoms with Crippen molar-refractivity contribution in [1.82, 2.24) is 0 Å². The molecule has 0 aliphatic heterocycles. The molecule has 2 rings (SSSR count). The molecule has 1 N–H and O–H groups in total. The lowest BCUT2D eigenvalue weighted by molar-refractivity contribution is -0.137. The molecule has 128 valence electrons. The smallest absolute Gasteiger partial charge is 0.324 e. The minimum absolute atomic E-state index is 0.0383. The molecule has 1 amide bonds. The number of rotatable bonds is 5. The number of hydrogen-bond donors (Lipinski definition) is 1. The molecule has 0 fully saturated rings. The number of carbonyl (C=O) groups is 1. The molecule has 7 heteroatoms. The summed E-state index contributed by atoms with van der Waals surface area (Å²) in [4.78, 5) is 12.2. The van der Waals surface area contributed by atoms with Crippen LogP contribution in [0, 0.1) is 0 Å². The number of alkyl halides is 3. The standard InChI is InChI=1S/C17H15ClF3NOS/c1-11(24-10-12-5-3-2-4-6-12)16(23)22-15-9-13(17(19,20)21)7-8-14(15)18/h2-9,11H,10H2,1H3,(H,22,23)/t11-/m1/s1. The second-order valence-electron chi connectivity index (χ2n) is 5.12. The maximum atomic E-state index is 12.7. The first-order valence-electron chi connectivity index (χ1n) is 7.10. The molecule has 2 aromatic carbocycles. The Hall–Kier alpha value is -1.66. The van der Waals surface area contributed by atoms with Crippen LogP contribution in [0.25, 0.3) is 0 Å². The normalized spacial score (nSPS) is 12.7. The molecule has 1 atom stereocenters. The van der Waals surface area contributed by atoms with E-state index in [0.29, 0.717) is 5.75 Å². The van der Waals surface area contributed by atoms with Crippen molar-refractivity contribution in [3.05, 3.63) is 64.7 Å². The topological polar surface area (TPSA) is 29.1 Å². The zero-order valence-electron chi connectivity index (χ0n) is 12.7. The van der Waals surface area contributed by atoms with Gasteiger partial charge in [-0.05, 0) is 30.7 Å². The zero-order valence-corrected chi connectivity index (χ0v) is 14.3. The largest absolute Gasteiger partial charge is 0.416 e. The first-order valence-corrected chi connectivity index (χ1v) is 8.53. The molecule has 24 heavy (non-hydrogen) atoms. The van der Waals surface area contributed by atoms with Gasteiger partial charge in [0, 0.05) is 5.75 Å². The van der Waals surface area contributed by atoms with Crippen molar-refractivity contribution in [3.8, 4) is 0 Å². The summed E-state index contributed by atoms with van der Waals surface area (Å²) < 4.78 is 38.2. The number of halogens is 4. The van der Waals surface area contributed by atoms with Crippen LogP contribution in [0.15, 0.2) is 48.5 Å². The monoisotopic (exact) mass is 373 g/mol. The second kappa shape index (κ2) is 7.94. The maximum Gasteiger partial charge on any atom is 0.416 e. The van der Waals surface area contributed by atoms with E-state index in [4.69, 9.17) is 11.6 Å². The average molecular weight is 374 g/mol. The molecule has 0 aromatic heterocycles. The number of anilines is 1. The molecule has 0 bridgehead atoms. The molecule has 2 aromatic rings. The van der Waals surface area contributed by atoms with Crippen LogP contribution in [0.3, 0.4) is 0 Å². The summed E-state index contributed by atoms with van der Waals surface area (Å²) in [5.41, 5.74) is 0.176. The van der Waals surface area contributed by atoms with Crippen molar-refractivity contribution in [2.24, 2.45) is 0 Å². The van der Waals surface area contributed by atoms with Gasteiger partial charge in [0.15, 0.2) is 0 Å². The van der Waals surface area contributed by atoms with E-state index in [2.05, 4.69) is 5.32 Å². The fourth-order valence-corrected chi connectivity index (χ4v) is 2.91. The fraction of sp³-hybridized carbons (Fsp3) is 0.235. The lowest BCUT2D eigenvalue weighted by atomic mass is 10.2. The van der Waals surface area contributed by atoms with Crippen LogP contribution in [0.1, 0.15) is 18.1 Å². The molecular weight excluding hydrogens is 359 g/mol. The second-order valence-corrected chi connectivity index (χ2v) is 6.86. The van der Waals surface area contributed by atoms with E-state index in [1.807, 2.05) is 30.3 Å². The van der Waals surface area contributed by atoms with Gasteiger partial charge in [-0.2, -0.15) is 13.2 Å². The highest BCUT2D eigenvalue weighted by atomic mass is 35.5. The molecule has 0 aliphatic carbocycles. The van der Waals surface area contributed by atoms with Crippen LogP contribution in [0.5, 0.6) is 0 Å². The summed E-state index contributed by atoms with van der Waals surface area (Å²) >= 11 is 7.27. The van der Waals surface area contributed by atoms with E-state index in [-0.39, 0.29) is 10.7 Å². The molecule has 2 nitrogen and oxygen atoms in total. The first-order chi connectivity index (χ1) is 11.3. The van der Waals surface area contributed by atoms with Gasteiger partial charge >= 0.3 is 6.18 Å². The molecule has 0 saturated carbocycles. The van der Waals surface area contributed by atoms with Gasteiger partial charge < -0.3 is 5.32 Å². The average Bonchev–Trinajstić information content (AvgIpc) is 2.54. The number of carbonyl (C=O) groups excluding carboxylic acids is 1. The third kappa shape index (κ3) is 5.18. The highest BCUT2D eigenvalue weighted by Gasteiger charge is 2.31. The summed E-state index contributed by atoms with van der Waals surface area (Å²) in [5.74, 6) is 0.239. The lowest BCUT2D eigenvalue weighted by Gasteiger charge is -2.15. The van der Waals surface area contributed by atoms with Gasteiger partial charge in [-0.1, -0.05) is 41.9 Å². The quantitative estimate of drug-likeness (QED) is 0.737. The van der Waals surface area contributed by atoms with E-state index < -0.39 is 22.9 Å². The van der Waals surface area contributed by atoms with Gasteiger partial charge in [0.05, 0.1) is 21.5 Å². The van der Waals surface area contributed by atoms with E-state index in [0.717, 1.165) is 23.8 Å².